The van der Waals surface area contributed by atoms with E-state index in [-0.39, 0.29) is 17.7 Å². The van der Waals surface area contributed by atoms with E-state index in [0.29, 0.717) is 17.4 Å². The largest absolute Gasteiger partial charge is 0.339 e. The molecule has 2 atom stereocenters. The van der Waals surface area contributed by atoms with Crippen LogP contribution in [0.2, 0.25) is 0 Å². The quantitative estimate of drug-likeness (QED) is 0.894. The van der Waals surface area contributed by atoms with E-state index in [9.17, 15) is 9.59 Å². The molecule has 0 unspecified atom stereocenters. The lowest BCUT2D eigenvalue weighted by Crippen LogP contribution is -2.32. The fourth-order valence-corrected chi connectivity index (χ4v) is 3.92. The lowest BCUT2D eigenvalue weighted by molar-refractivity contribution is -0.117. The van der Waals surface area contributed by atoms with Crippen LogP contribution < -0.4 is 10.6 Å². The molecule has 1 aromatic rings. The van der Waals surface area contributed by atoms with Gasteiger partial charge in [0.25, 0.3) is 5.91 Å². The van der Waals surface area contributed by atoms with Crippen molar-refractivity contribution in [1.82, 2.24) is 10.2 Å². The van der Waals surface area contributed by atoms with Gasteiger partial charge in [-0.1, -0.05) is 6.07 Å². The SMILES string of the molecule is O=C(Nc1cccc(C(=O)N2CC[C@@H]3CNC[C@@H]3CC2)c1)C1CC1. The second kappa shape index (κ2) is 6.55. The number of hydrogen-bond donors (Lipinski definition) is 2. The highest BCUT2D eigenvalue weighted by molar-refractivity contribution is 5.98. The van der Waals surface area contributed by atoms with Crippen LogP contribution in [-0.2, 0) is 4.79 Å². The number of anilines is 1. The van der Waals surface area contributed by atoms with Gasteiger partial charge in [0.2, 0.25) is 5.91 Å². The molecule has 1 aromatic carbocycles. The molecule has 24 heavy (non-hydrogen) atoms. The summed E-state index contributed by atoms with van der Waals surface area (Å²) < 4.78 is 0. The predicted octanol–water partition coefficient (Wildman–Crippen LogP) is 2.11. The maximum absolute atomic E-state index is 12.9. The fraction of sp³-hybridized carbons (Fsp3) is 0.579. The van der Waals surface area contributed by atoms with E-state index >= 15 is 0 Å². The summed E-state index contributed by atoms with van der Waals surface area (Å²) in [6, 6.07) is 7.38. The third-order valence-electron chi connectivity index (χ3n) is 5.63. The molecule has 4 rings (SSSR count). The number of amides is 2. The molecule has 2 saturated heterocycles. The van der Waals surface area contributed by atoms with Gasteiger partial charge in [-0.2, -0.15) is 0 Å². The van der Waals surface area contributed by atoms with Crippen LogP contribution in [0.1, 0.15) is 36.0 Å². The van der Waals surface area contributed by atoms with E-state index in [2.05, 4.69) is 10.6 Å². The Morgan fingerprint density at radius 2 is 1.75 bits per heavy atom. The minimum absolute atomic E-state index is 0.0784. The number of hydrogen-bond acceptors (Lipinski definition) is 3. The van der Waals surface area contributed by atoms with Gasteiger partial charge in [-0.25, -0.2) is 0 Å². The summed E-state index contributed by atoms with van der Waals surface area (Å²) in [6.07, 6.45) is 4.13. The van der Waals surface area contributed by atoms with Crippen molar-refractivity contribution in [2.24, 2.45) is 17.8 Å². The highest BCUT2D eigenvalue weighted by Gasteiger charge is 2.32. The van der Waals surface area contributed by atoms with E-state index in [1.807, 2.05) is 29.2 Å². The lowest BCUT2D eigenvalue weighted by Gasteiger charge is -2.21. The van der Waals surface area contributed by atoms with E-state index in [1.54, 1.807) is 0 Å². The molecule has 5 heteroatoms. The van der Waals surface area contributed by atoms with Crippen LogP contribution in [0.4, 0.5) is 5.69 Å². The van der Waals surface area contributed by atoms with Crippen LogP contribution in [-0.4, -0.2) is 42.9 Å². The van der Waals surface area contributed by atoms with Crippen LogP contribution in [0.15, 0.2) is 24.3 Å². The topological polar surface area (TPSA) is 61.4 Å². The van der Waals surface area contributed by atoms with Gasteiger partial charge in [0.05, 0.1) is 0 Å². The maximum Gasteiger partial charge on any atom is 0.253 e. The van der Waals surface area contributed by atoms with Crippen molar-refractivity contribution in [1.29, 1.82) is 0 Å². The van der Waals surface area contributed by atoms with Gasteiger partial charge in [-0.3, -0.25) is 9.59 Å². The first-order valence-corrected chi connectivity index (χ1v) is 9.11. The Labute approximate surface area is 142 Å². The van der Waals surface area contributed by atoms with E-state index in [1.165, 1.54) is 0 Å². The molecule has 1 saturated carbocycles. The maximum atomic E-state index is 12.9. The summed E-state index contributed by atoms with van der Waals surface area (Å²) in [6.45, 7) is 3.85. The number of nitrogens with one attached hydrogen (secondary N) is 2. The summed E-state index contributed by atoms with van der Waals surface area (Å²) in [5.41, 5.74) is 1.41. The first-order valence-electron chi connectivity index (χ1n) is 9.11. The van der Waals surface area contributed by atoms with Crippen LogP contribution in [0.3, 0.4) is 0 Å². The normalized spacial score (nSPS) is 26.6. The van der Waals surface area contributed by atoms with E-state index < -0.39 is 0 Å². The van der Waals surface area contributed by atoms with Crippen LogP contribution in [0, 0.1) is 17.8 Å². The summed E-state index contributed by atoms with van der Waals surface area (Å²) in [5.74, 6) is 1.77. The minimum Gasteiger partial charge on any atom is -0.339 e. The molecule has 0 bridgehead atoms. The van der Waals surface area contributed by atoms with Crippen molar-refractivity contribution in [2.45, 2.75) is 25.7 Å². The summed E-state index contributed by atoms with van der Waals surface area (Å²) >= 11 is 0. The Bertz CT molecular complexity index is 627. The number of benzene rings is 1. The molecule has 128 valence electrons. The third-order valence-corrected chi connectivity index (χ3v) is 5.63. The first-order chi connectivity index (χ1) is 11.7. The molecule has 5 nitrogen and oxygen atoms in total. The molecule has 3 aliphatic rings. The molecular weight excluding hydrogens is 302 g/mol. The van der Waals surface area contributed by atoms with Crippen molar-refractivity contribution < 1.29 is 9.59 Å². The van der Waals surface area contributed by atoms with Gasteiger partial charge in [-0.05, 0) is 68.8 Å². The highest BCUT2D eigenvalue weighted by atomic mass is 16.2. The molecule has 3 fully saturated rings. The molecule has 0 spiro atoms. The second-order valence-electron chi connectivity index (χ2n) is 7.39. The Morgan fingerprint density at radius 3 is 2.42 bits per heavy atom. The van der Waals surface area contributed by atoms with Gasteiger partial charge in [0.1, 0.15) is 0 Å². The number of likely N-dealkylation sites (tertiary alicyclic amines) is 1. The Kier molecular flexibility index (Phi) is 4.27. The summed E-state index contributed by atoms with van der Waals surface area (Å²) in [5, 5.41) is 6.39. The zero-order chi connectivity index (χ0) is 16.5. The standard InChI is InChI=1S/C19H25N3O2/c23-18(13-4-5-13)21-17-3-1-2-14(10-17)19(24)22-8-6-15-11-20-12-16(15)7-9-22/h1-3,10,13,15-16,20H,4-9,11-12H2,(H,21,23)/t15-,16+. The molecule has 1 aliphatic carbocycles. The zero-order valence-electron chi connectivity index (χ0n) is 14.0. The van der Waals surface area contributed by atoms with Gasteiger partial charge < -0.3 is 15.5 Å². The number of carbonyl (C=O) groups excluding carboxylic acids is 2. The van der Waals surface area contributed by atoms with Crippen molar-refractivity contribution in [2.75, 3.05) is 31.5 Å². The molecule has 0 radical (unpaired) electrons. The van der Waals surface area contributed by atoms with Crippen molar-refractivity contribution >= 4 is 17.5 Å². The lowest BCUT2D eigenvalue weighted by atomic mass is 9.92. The fourth-order valence-electron chi connectivity index (χ4n) is 3.92. The molecule has 2 heterocycles. The minimum atomic E-state index is 0.0784. The number of rotatable bonds is 3. The monoisotopic (exact) mass is 327 g/mol. The zero-order valence-corrected chi connectivity index (χ0v) is 14.0. The number of carbonyl (C=O) groups is 2. The number of fused-ring (bicyclic) bond motifs is 1. The average molecular weight is 327 g/mol. The molecular formula is C19H25N3O2. The molecule has 0 aromatic heterocycles. The Balaban J connectivity index is 1.42. The van der Waals surface area contributed by atoms with E-state index in [4.69, 9.17) is 0 Å². The summed E-state index contributed by atoms with van der Waals surface area (Å²) in [4.78, 5) is 26.7. The Hall–Kier alpha value is -1.88. The summed E-state index contributed by atoms with van der Waals surface area (Å²) in [7, 11) is 0. The predicted molar refractivity (Wildman–Crippen MR) is 92.8 cm³/mol. The van der Waals surface area contributed by atoms with Gasteiger partial charge >= 0.3 is 0 Å². The molecule has 2 aliphatic heterocycles. The third kappa shape index (κ3) is 3.31. The van der Waals surface area contributed by atoms with Crippen molar-refractivity contribution in [3.63, 3.8) is 0 Å². The highest BCUT2D eigenvalue weighted by Crippen LogP contribution is 2.30. The van der Waals surface area contributed by atoms with Gasteiger partial charge in [0, 0.05) is 30.3 Å². The van der Waals surface area contributed by atoms with Crippen molar-refractivity contribution in [3.05, 3.63) is 29.8 Å². The Morgan fingerprint density at radius 1 is 1.04 bits per heavy atom. The molecule has 2 amide bonds. The second-order valence-corrected chi connectivity index (χ2v) is 7.39. The van der Waals surface area contributed by atoms with Crippen LogP contribution in [0.5, 0.6) is 0 Å². The van der Waals surface area contributed by atoms with Crippen molar-refractivity contribution in [3.8, 4) is 0 Å². The van der Waals surface area contributed by atoms with Gasteiger partial charge in [0.15, 0.2) is 0 Å². The number of nitrogens with zero attached hydrogens (tertiary/aromatic N) is 1. The van der Waals surface area contributed by atoms with Crippen LogP contribution >= 0.6 is 0 Å². The van der Waals surface area contributed by atoms with Crippen LogP contribution in [0.25, 0.3) is 0 Å². The van der Waals surface area contributed by atoms with E-state index in [0.717, 1.165) is 57.5 Å². The first kappa shape index (κ1) is 15.6. The average Bonchev–Trinajstić information content (AvgIpc) is 3.38. The van der Waals surface area contributed by atoms with Gasteiger partial charge in [-0.15, -0.1) is 0 Å². The molecule has 2 N–H and O–H groups in total. The smallest absolute Gasteiger partial charge is 0.253 e.